The summed E-state index contributed by atoms with van der Waals surface area (Å²) in [5.74, 6) is 0.552. The van der Waals surface area contributed by atoms with E-state index in [1.165, 1.54) is 6.42 Å². The Bertz CT molecular complexity index is 1050. The molecular weight excluding hydrogens is 416 g/mol. The normalized spacial score (nSPS) is 25.0. The lowest BCUT2D eigenvalue weighted by atomic mass is 9.92. The van der Waals surface area contributed by atoms with Crippen molar-refractivity contribution in [1.29, 1.82) is 0 Å². The van der Waals surface area contributed by atoms with Gasteiger partial charge in [0.15, 0.2) is 0 Å². The topological polar surface area (TPSA) is 83.6 Å². The molecule has 3 atom stereocenters. The minimum absolute atomic E-state index is 0.0804. The lowest BCUT2D eigenvalue weighted by molar-refractivity contribution is -0.126. The number of nitrogens with one attached hydrogen (secondary N) is 2. The van der Waals surface area contributed by atoms with Gasteiger partial charge in [0.05, 0.1) is 0 Å². The molecule has 3 aliphatic rings. The minimum atomic E-state index is -0.445. The number of allylic oxidation sites excluding steroid dienone is 1. The van der Waals surface area contributed by atoms with Crippen LogP contribution >= 0.6 is 0 Å². The molecule has 1 aromatic carbocycles. The molecule has 0 radical (unpaired) electrons. The van der Waals surface area contributed by atoms with E-state index in [-0.39, 0.29) is 24.0 Å². The number of amides is 2. The summed E-state index contributed by atoms with van der Waals surface area (Å²) in [5, 5.41) is 6.43. The van der Waals surface area contributed by atoms with E-state index in [1.54, 1.807) is 11.1 Å². The van der Waals surface area contributed by atoms with Crippen LogP contribution in [-0.4, -0.2) is 39.9 Å². The molecule has 3 heterocycles. The summed E-state index contributed by atoms with van der Waals surface area (Å²) < 4.78 is 6.43. The smallest absolute Gasteiger partial charge is 0.255 e. The molecule has 5 rings (SSSR count). The van der Waals surface area contributed by atoms with Crippen molar-refractivity contribution >= 4 is 11.8 Å². The van der Waals surface area contributed by atoms with Gasteiger partial charge in [-0.1, -0.05) is 19.1 Å². The molecule has 7 heteroatoms. The average molecular weight is 447 g/mol. The summed E-state index contributed by atoms with van der Waals surface area (Å²) in [6.45, 7) is 5.03. The first-order valence-electron chi connectivity index (χ1n) is 11.8. The Morgan fingerprint density at radius 2 is 2.06 bits per heavy atom. The van der Waals surface area contributed by atoms with E-state index in [4.69, 9.17) is 4.74 Å². The minimum Gasteiger partial charge on any atom is -0.489 e. The van der Waals surface area contributed by atoms with Gasteiger partial charge in [0.2, 0.25) is 5.91 Å². The molecule has 2 aromatic rings. The van der Waals surface area contributed by atoms with Crippen molar-refractivity contribution in [2.45, 2.75) is 69.8 Å². The summed E-state index contributed by atoms with van der Waals surface area (Å²) in [6.07, 6.45) is 9.47. The second kappa shape index (κ2) is 9.35. The van der Waals surface area contributed by atoms with Gasteiger partial charge in [-0.25, -0.2) is 0 Å². The number of nitrogens with zero attached hydrogens (tertiary/aromatic N) is 2. The first-order valence-corrected chi connectivity index (χ1v) is 11.8. The summed E-state index contributed by atoms with van der Waals surface area (Å²) in [7, 11) is 0. The number of rotatable bonds is 6. The number of carbonyl (C=O) groups excluding carboxylic acids is 2. The van der Waals surface area contributed by atoms with Crippen molar-refractivity contribution in [2.75, 3.05) is 0 Å². The second-order valence-electron chi connectivity index (χ2n) is 9.19. The molecule has 1 aromatic heterocycles. The van der Waals surface area contributed by atoms with Gasteiger partial charge in [0.25, 0.3) is 5.91 Å². The molecule has 7 nitrogen and oxygen atoms in total. The number of aromatic nitrogens is 1. The Morgan fingerprint density at radius 1 is 1.18 bits per heavy atom. The molecule has 1 saturated heterocycles. The summed E-state index contributed by atoms with van der Waals surface area (Å²) in [5.41, 5.74) is 3.46. The maximum absolute atomic E-state index is 13.0. The molecule has 1 saturated carbocycles. The Hall–Kier alpha value is -3.19. The summed E-state index contributed by atoms with van der Waals surface area (Å²) in [4.78, 5) is 31.2. The number of ether oxygens (including phenoxy) is 1. The second-order valence-corrected chi connectivity index (χ2v) is 9.19. The zero-order valence-corrected chi connectivity index (χ0v) is 18.8. The number of hydrogen-bond donors (Lipinski definition) is 2. The van der Waals surface area contributed by atoms with Crippen molar-refractivity contribution in [3.05, 3.63) is 71.7 Å². The third kappa shape index (κ3) is 4.64. The molecule has 2 fully saturated rings. The van der Waals surface area contributed by atoms with E-state index in [2.05, 4.69) is 28.3 Å². The van der Waals surface area contributed by atoms with Crippen LogP contribution in [0.25, 0.3) is 0 Å². The third-order valence-electron chi connectivity index (χ3n) is 6.89. The maximum atomic E-state index is 13.0. The Morgan fingerprint density at radius 3 is 2.88 bits per heavy atom. The van der Waals surface area contributed by atoms with Crippen molar-refractivity contribution < 1.29 is 14.3 Å². The fourth-order valence-electron chi connectivity index (χ4n) is 5.10. The molecule has 2 N–H and O–H groups in total. The first kappa shape index (κ1) is 21.6. The lowest BCUT2D eigenvalue weighted by Gasteiger charge is -2.32. The predicted molar refractivity (Wildman–Crippen MR) is 124 cm³/mol. The summed E-state index contributed by atoms with van der Waals surface area (Å²) >= 11 is 0. The quantitative estimate of drug-likeness (QED) is 0.711. The Kier molecular flexibility index (Phi) is 6.13. The fraction of sp³-hybridized carbons (Fsp3) is 0.423. The fourth-order valence-corrected chi connectivity index (χ4v) is 5.10. The largest absolute Gasteiger partial charge is 0.489 e. The molecule has 2 aliphatic heterocycles. The van der Waals surface area contributed by atoms with Crippen LogP contribution in [0.5, 0.6) is 5.75 Å². The first-order chi connectivity index (χ1) is 16.1. The van der Waals surface area contributed by atoms with Crippen molar-refractivity contribution in [2.24, 2.45) is 0 Å². The molecule has 2 amide bonds. The van der Waals surface area contributed by atoms with E-state index in [0.29, 0.717) is 24.9 Å². The van der Waals surface area contributed by atoms with Crippen LogP contribution in [0.15, 0.2) is 55.0 Å². The van der Waals surface area contributed by atoms with Crippen molar-refractivity contribution in [1.82, 2.24) is 20.5 Å². The molecule has 172 valence electrons. The van der Waals surface area contributed by atoms with Crippen LogP contribution in [0.1, 0.15) is 60.0 Å². The van der Waals surface area contributed by atoms with Gasteiger partial charge in [-0.15, -0.1) is 0 Å². The van der Waals surface area contributed by atoms with Gasteiger partial charge in [0, 0.05) is 42.8 Å². The van der Waals surface area contributed by atoms with Crippen molar-refractivity contribution in [3.8, 4) is 5.75 Å². The zero-order valence-electron chi connectivity index (χ0n) is 18.8. The van der Waals surface area contributed by atoms with Crippen LogP contribution in [0.3, 0.4) is 0 Å². The molecule has 0 spiro atoms. The standard InChI is InChI=1S/C26H30N4O3/c1-17-8-11-23(25(31)29-17)30-16-19-13-20(9-10-21(19)26(30)32)33-24-7-3-2-6-22(24)28-15-18-5-4-12-27-14-18/h4-5,9-10,12-14,22-24,28H,1-3,6-8,11,15-16H2,(H,29,31). The highest BCUT2D eigenvalue weighted by Crippen LogP contribution is 2.32. The van der Waals surface area contributed by atoms with Gasteiger partial charge in [0.1, 0.15) is 17.9 Å². The maximum Gasteiger partial charge on any atom is 0.255 e. The van der Waals surface area contributed by atoms with E-state index < -0.39 is 6.04 Å². The number of hydrogen-bond acceptors (Lipinski definition) is 5. The van der Waals surface area contributed by atoms with E-state index in [1.807, 2.05) is 30.5 Å². The lowest BCUT2D eigenvalue weighted by Crippen LogP contribution is -2.49. The van der Waals surface area contributed by atoms with Crippen LogP contribution in [-0.2, 0) is 17.9 Å². The van der Waals surface area contributed by atoms with Gasteiger partial charge < -0.3 is 20.3 Å². The van der Waals surface area contributed by atoms with E-state index >= 15 is 0 Å². The Balaban J connectivity index is 1.25. The summed E-state index contributed by atoms with van der Waals surface area (Å²) in [6, 6.07) is 9.55. The van der Waals surface area contributed by atoms with Gasteiger partial charge in [-0.3, -0.25) is 14.6 Å². The highest BCUT2D eigenvalue weighted by Gasteiger charge is 2.38. The molecular formula is C26H30N4O3. The molecule has 0 bridgehead atoms. The number of carbonyl (C=O) groups is 2. The number of pyridine rings is 1. The van der Waals surface area contributed by atoms with Crippen molar-refractivity contribution in [3.63, 3.8) is 0 Å². The molecule has 3 unspecified atom stereocenters. The zero-order chi connectivity index (χ0) is 22.8. The van der Waals surface area contributed by atoms with Crippen LogP contribution in [0, 0.1) is 0 Å². The third-order valence-corrected chi connectivity index (χ3v) is 6.89. The van der Waals surface area contributed by atoms with Gasteiger partial charge in [-0.2, -0.15) is 0 Å². The predicted octanol–water partition coefficient (Wildman–Crippen LogP) is 3.31. The highest BCUT2D eigenvalue weighted by molar-refractivity contribution is 6.01. The SMILES string of the molecule is C=C1CCC(N2Cc3cc(OC4CCCCC4NCc4cccnc4)ccc3C2=O)C(=O)N1. The van der Waals surface area contributed by atoms with Gasteiger partial charge in [-0.05, 0) is 67.5 Å². The van der Waals surface area contributed by atoms with E-state index in [9.17, 15) is 9.59 Å². The number of fused-ring (bicyclic) bond motifs is 1. The van der Waals surface area contributed by atoms with E-state index in [0.717, 1.165) is 48.4 Å². The highest BCUT2D eigenvalue weighted by atomic mass is 16.5. The average Bonchev–Trinajstić information content (AvgIpc) is 3.14. The van der Waals surface area contributed by atoms with Crippen LogP contribution < -0.4 is 15.4 Å². The number of piperidine rings is 1. The monoisotopic (exact) mass is 446 g/mol. The number of benzene rings is 1. The molecule has 33 heavy (non-hydrogen) atoms. The van der Waals surface area contributed by atoms with Crippen LogP contribution in [0.2, 0.25) is 0 Å². The van der Waals surface area contributed by atoms with Gasteiger partial charge >= 0.3 is 0 Å². The van der Waals surface area contributed by atoms with Crippen LogP contribution in [0.4, 0.5) is 0 Å². The molecule has 1 aliphatic carbocycles. The Labute approximate surface area is 194 Å².